The van der Waals surface area contributed by atoms with E-state index < -0.39 is 10.8 Å². The third kappa shape index (κ3) is 2.94. The van der Waals surface area contributed by atoms with Crippen LogP contribution in [0.4, 0.5) is 5.95 Å². The summed E-state index contributed by atoms with van der Waals surface area (Å²) in [7, 11) is 2.94. The molecule has 0 unspecified atom stereocenters. The molecule has 1 saturated heterocycles. The summed E-state index contributed by atoms with van der Waals surface area (Å²) in [5.74, 6) is 2.79. The molecule has 17 heavy (non-hydrogen) atoms. The van der Waals surface area contributed by atoms with Gasteiger partial charge in [0.05, 0.1) is 7.11 Å². The minimum absolute atomic E-state index is 0.375. The summed E-state index contributed by atoms with van der Waals surface area (Å²) in [5, 5.41) is 0. The molecular formula is C11H17N3O2S. The second-order valence-electron chi connectivity index (χ2n) is 4.09. The van der Waals surface area contributed by atoms with Crippen LogP contribution in [-0.2, 0) is 10.8 Å². The summed E-state index contributed by atoms with van der Waals surface area (Å²) in [4.78, 5) is 10.6. The molecule has 0 aromatic carbocycles. The Labute approximate surface area is 104 Å². The van der Waals surface area contributed by atoms with Crippen LogP contribution in [0.5, 0.6) is 5.88 Å². The first-order valence-corrected chi connectivity index (χ1v) is 7.14. The molecule has 1 aliphatic heterocycles. The van der Waals surface area contributed by atoms with Crippen molar-refractivity contribution in [3.63, 3.8) is 0 Å². The predicted octanol–water partition coefficient (Wildman–Crippen LogP) is 0.833. The Morgan fingerprint density at radius 1 is 1.47 bits per heavy atom. The number of hydrogen-bond acceptors (Lipinski definition) is 5. The zero-order chi connectivity index (χ0) is 12.3. The quantitative estimate of drug-likeness (QED) is 0.801. The monoisotopic (exact) mass is 255 g/mol. The fourth-order valence-corrected chi connectivity index (χ4v) is 3.22. The molecule has 2 heterocycles. The minimum Gasteiger partial charge on any atom is -0.481 e. The third-order valence-corrected chi connectivity index (χ3v) is 4.43. The molecular weight excluding hydrogens is 238 g/mol. The number of nitrogens with zero attached hydrogens (tertiary/aromatic N) is 3. The van der Waals surface area contributed by atoms with Crippen molar-refractivity contribution in [1.82, 2.24) is 9.97 Å². The maximum Gasteiger partial charge on any atom is 0.228 e. The van der Waals surface area contributed by atoms with Crippen LogP contribution in [0.25, 0.3) is 0 Å². The van der Waals surface area contributed by atoms with E-state index in [2.05, 4.69) is 14.9 Å². The highest BCUT2D eigenvalue weighted by Crippen LogP contribution is 2.20. The van der Waals surface area contributed by atoms with E-state index in [4.69, 9.17) is 4.74 Å². The highest BCUT2D eigenvalue weighted by molar-refractivity contribution is 7.85. The van der Waals surface area contributed by atoms with Gasteiger partial charge in [0.25, 0.3) is 0 Å². The Balaban J connectivity index is 2.07. The predicted molar refractivity (Wildman–Crippen MR) is 67.9 cm³/mol. The Morgan fingerprint density at radius 3 is 2.82 bits per heavy atom. The molecule has 0 bridgehead atoms. The van der Waals surface area contributed by atoms with Gasteiger partial charge in [0.15, 0.2) is 0 Å². The summed E-state index contributed by atoms with van der Waals surface area (Å²) in [5.41, 5.74) is 0. The number of methoxy groups -OCH3 is 1. The normalized spacial score (nSPS) is 24.4. The maximum absolute atomic E-state index is 11.3. The number of rotatable bonds is 3. The minimum atomic E-state index is -0.632. The highest BCUT2D eigenvalue weighted by Gasteiger charge is 2.23. The zero-order valence-electron chi connectivity index (χ0n) is 10.1. The molecule has 0 saturated carbocycles. The van der Waals surface area contributed by atoms with Gasteiger partial charge in [-0.05, 0) is 12.8 Å². The lowest BCUT2D eigenvalue weighted by Gasteiger charge is -2.30. The number of ether oxygens (including phenoxy) is 1. The molecule has 2 rings (SSSR count). The molecule has 1 aliphatic rings. The van der Waals surface area contributed by atoms with Crippen molar-refractivity contribution in [2.45, 2.75) is 18.9 Å². The van der Waals surface area contributed by atoms with Crippen LogP contribution >= 0.6 is 0 Å². The second-order valence-corrected chi connectivity index (χ2v) is 5.79. The Morgan fingerprint density at radius 2 is 2.18 bits per heavy atom. The van der Waals surface area contributed by atoms with Gasteiger partial charge in [-0.15, -0.1) is 0 Å². The lowest BCUT2D eigenvalue weighted by molar-refractivity contribution is 0.396. The van der Waals surface area contributed by atoms with Gasteiger partial charge in [-0.2, -0.15) is 4.98 Å². The standard InChI is InChI=1S/C11H17N3O2S/c1-14(9-4-7-17(15)8-5-9)11-12-6-3-10(13-11)16-2/h3,6,9H,4-5,7-8H2,1-2H3. The van der Waals surface area contributed by atoms with E-state index in [1.165, 1.54) is 0 Å². The van der Waals surface area contributed by atoms with Crippen molar-refractivity contribution in [3.05, 3.63) is 12.3 Å². The lowest BCUT2D eigenvalue weighted by atomic mass is 10.1. The Bertz CT molecular complexity index is 403. The van der Waals surface area contributed by atoms with Crippen LogP contribution in [0.2, 0.25) is 0 Å². The first-order valence-electron chi connectivity index (χ1n) is 5.65. The van der Waals surface area contributed by atoms with Gasteiger partial charge in [0, 0.05) is 47.7 Å². The van der Waals surface area contributed by atoms with E-state index in [1.54, 1.807) is 19.4 Å². The molecule has 1 fully saturated rings. The summed E-state index contributed by atoms with van der Waals surface area (Å²) in [6.07, 6.45) is 3.56. The summed E-state index contributed by atoms with van der Waals surface area (Å²) >= 11 is 0. The second kappa shape index (κ2) is 5.44. The van der Waals surface area contributed by atoms with Gasteiger partial charge >= 0.3 is 0 Å². The average Bonchev–Trinajstić information content (AvgIpc) is 2.39. The first kappa shape index (κ1) is 12.3. The van der Waals surface area contributed by atoms with Crippen molar-refractivity contribution in [2.24, 2.45) is 0 Å². The molecule has 0 spiro atoms. The molecule has 0 amide bonds. The van der Waals surface area contributed by atoms with Gasteiger partial charge < -0.3 is 9.64 Å². The van der Waals surface area contributed by atoms with Crippen LogP contribution < -0.4 is 9.64 Å². The van der Waals surface area contributed by atoms with Gasteiger partial charge in [0.1, 0.15) is 0 Å². The molecule has 5 nitrogen and oxygen atoms in total. The van der Waals surface area contributed by atoms with Crippen molar-refractivity contribution in [2.75, 3.05) is 30.6 Å². The number of hydrogen-bond donors (Lipinski definition) is 0. The molecule has 0 N–H and O–H groups in total. The van der Waals surface area contributed by atoms with Crippen molar-refractivity contribution >= 4 is 16.7 Å². The molecule has 1 aromatic heterocycles. The average molecular weight is 255 g/mol. The van der Waals surface area contributed by atoms with Gasteiger partial charge in [-0.1, -0.05) is 0 Å². The maximum atomic E-state index is 11.3. The van der Waals surface area contributed by atoms with Crippen molar-refractivity contribution in [1.29, 1.82) is 0 Å². The largest absolute Gasteiger partial charge is 0.481 e. The lowest BCUT2D eigenvalue weighted by Crippen LogP contribution is -2.38. The summed E-state index contributed by atoms with van der Waals surface area (Å²) in [6.45, 7) is 0. The van der Waals surface area contributed by atoms with Crippen LogP contribution in [-0.4, -0.2) is 45.9 Å². The smallest absolute Gasteiger partial charge is 0.228 e. The number of anilines is 1. The van der Waals surface area contributed by atoms with Crippen molar-refractivity contribution < 1.29 is 8.95 Å². The van der Waals surface area contributed by atoms with E-state index >= 15 is 0 Å². The molecule has 1 aromatic rings. The fraction of sp³-hybridized carbons (Fsp3) is 0.636. The van der Waals surface area contributed by atoms with Gasteiger partial charge in [-0.3, -0.25) is 4.21 Å². The molecule has 94 valence electrons. The van der Waals surface area contributed by atoms with Crippen LogP contribution in [0.3, 0.4) is 0 Å². The third-order valence-electron chi connectivity index (χ3n) is 3.05. The highest BCUT2D eigenvalue weighted by atomic mass is 32.2. The fourth-order valence-electron chi connectivity index (χ4n) is 1.95. The molecule has 6 heteroatoms. The Kier molecular flexibility index (Phi) is 3.93. The van der Waals surface area contributed by atoms with Crippen LogP contribution in [0.1, 0.15) is 12.8 Å². The Hall–Kier alpha value is -1.17. The van der Waals surface area contributed by atoms with E-state index in [-0.39, 0.29) is 0 Å². The zero-order valence-corrected chi connectivity index (χ0v) is 10.9. The van der Waals surface area contributed by atoms with E-state index in [1.807, 2.05) is 7.05 Å². The van der Waals surface area contributed by atoms with E-state index in [0.29, 0.717) is 17.9 Å². The molecule has 0 aliphatic carbocycles. The van der Waals surface area contributed by atoms with Crippen molar-refractivity contribution in [3.8, 4) is 5.88 Å². The van der Waals surface area contributed by atoms with E-state index in [9.17, 15) is 4.21 Å². The van der Waals surface area contributed by atoms with E-state index in [0.717, 1.165) is 24.3 Å². The summed E-state index contributed by atoms with van der Waals surface area (Å²) in [6, 6.07) is 2.10. The first-order chi connectivity index (χ1) is 8.20. The molecule has 0 atom stereocenters. The van der Waals surface area contributed by atoms with Gasteiger partial charge in [-0.25, -0.2) is 4.98 Å². The van der Waals surface area contributed by atoms with Crippen LogP contribution in [0, 0.1) is 0 Å². The topological polar surface area (TPSA) is 55.3 Å². The van der Waals surface area contributed by atoms with Gasteiger partial charge in [0.2, 0.25) is 11.8 Å². The van der Waals surface area contributed by atoms with Crippen LogP contribution in [0.15, 0.2) is 12.3 Å². The molecule has 0 radical (unpaired) electrons. The number of aromatic nitrogens is 2. The summed E-state index contributed by atoms with van der Waals surface area (Å²) < 4.78 is 16.4. The SMILES string of the molecule is COc1ccnc(N(C)C2CCS(=O)CC2)n1.